The third kappa shape index (κ3) is 3.89. The Kier molecular flexibility index (Phi) is 5.62. The number of aromatic nitrogens is 2. The van der Waals surface area contributed by atoms with Crippen molar-refractivity contribution in [3.8, 4) is 11.3 Å². The Morgan fingerprint density at radius 2 is 2.07 bits per heavy atom. The number of aliphatic hydroxyl groups is 1. The van der Waals surface area contributed by atoms with E-state index in [-0.39, 0.29) is 24.5 Å². The molecule has 1 aliphatic carbocycles. The Bertz CT molecular complexity index is 914. The molecule has 2 aromatic rings. The number of aliphatic hydroxyl groups excluding tert-OH is 1. The fourth-order valence-electron chi connectivity index (χ4n) is 4.22. The summed E-state index contributed by atoms with van der Waals surface area (Å²) in [5, 5.41) is 15.2. The van der Waals surface area contributed by atoms with Crippen LogP contribution in [-0.2, 0) is 6.54 Å². The van der Waals surface area contributed by atoms with Crippen molar-refractivity contribution < 1.29 is 14.3 Å². The minimum Gasteiger partial charge on any atom is -0.395 e. The van der Waals surface area contributed by atoms with Gasteiger partial charge >= 0.3 is 6.03 Å². The number of fused-ring (bicyclic) bond motifs is 1. The molecule has 1 aliphatic heterocycles. The molecule has 8 heteroatoms. The first kappa shape index (κ1) is 19.6. The molecule has 3 N–H and O–H groups in total. The van der Waals surface area contributed by atoms with Crippen LogP contribution in [-0.4, -0.2) is 40.3 Å². The van der Waals surface area contributed by atoms with Gasteiger partial charge in [-0.15, -0.1) is 0 Å². The Morgan fingerprint density at radius 3 is 2.79 bits per heavy atom. The highest BCUT2D eigenvalue weighted by molar-refractivity contribution is 5.96. The van der Waals surface area contributed by atoms with E-state index in [0.717, 1.165) is 42.4 Å². The lowest BCUT2D eigenvalue weighted by Crippen LogP contribution is -2.51. The second-order valence-electron chi connectivity index (χ2n) is 7.63. The summed E-state index contributed by atoms with van der Waals surface area (Å²) < 4.78 is 13.7. The lowest BCUT2D eigenvalue weighted by Gasteiger charge is -2.37. The molecule has 2 aliphatic rings. The summed E-state index contributed by atoms with van der Waals surface area (Å²) in [6.45, 7) is 2.41. The number of carbonyl (C=O) groups is 1. The summed E-state index contributed by atoms with van der Waals surface area (Å²) in [6, 6.07) is 4.57. The number of nitrogens with zero attached hydrogens (tertiary/aromatic N) is 3. The van der Waals surface area contributed by atoms with E-state index >= 15 is 0 Å². The van der Waals surface area contributed by atoms with Crippen LogP contribution in [0.2, 0.25) is 0 Å². The highest BCUT2D eigenvalue weighted by Gasteiger charge is 2.35. The second-order valence-corrected chi connectivity index (χ2v) is 7.63. The number of anilines is 2. The zero-order valence-corrected chi connectivity index (χ0v) is 16.5. The molecular formula is C21H26FN5O2. The van der Waals surface area contributed by atoms with Crippen LogP contribution >= 0.6 is 0 Å². The number of benzene rings is 1. The molecule has 0 saturated heterocycles. The van der Waals surface area contributed by atoms with Crippen molar-refractivity contribution in [2.45, 2.75) is 51.6 Å². The van der Waals surface area contributed by atoms with Crippen LogP contribution in [0.25, 0.3) is 11.3 Å². The normalized spacial score (nSPS) is 17.1. The van der Waals surface area contributed by atoms with Crippen molar-refractivity contribution in [3.63, 3.8) is 0 Å². The van der Waals surface area contributed by atoms with E-state index in [2.05, 4.69) is 20.6 Å². The third-order valence-electron chi connectivity index (χ3n) is 5.63. The summed E-state index contributed by atoms with van der Waals surface area (Å²) in [6.07, 6.45) is 5.26. The molecule has 1 aromatic carbocycles. The third-order valence-corrected chi connectivity index (χ3v) is 5.63. The number of nitrogens with one attached hydrogen (secondary N) is 2. The van der Waals surface area contributed by atoms with E-state index in [1.807, 2.05) is 6.92 Å². The molecular weight excluding hydrogens is 373 g/mol. The van der Waals surface area contributed by atoms with Gasteiger partial charge in [0.1, 0.15) is 11.6 Å². The molecule has 0 unspecified atom stereocenters. The van der Waals surface area contributed by atoms with Gasteiger partial charge in [0.2, 0.25) is 5.95 Å². The molecule has 1 aromatic heterocycles. The van der Waals surface area contributed by atoms with Gasteiger partial charge in [0.25, 0.3) is 0 Å². The number of rotatable bonds is 5. The Morgan fingerprint density at radius 1 is 1.28 bits per heavy atom. The monoisotopic (exact) mass is 399 g/mol. The van der Waals surface area contributed by atoms with Gasteiger partial charge in [0.15, 0.2) is 0 Å². The molecule has 29 heavy (non-hydrogen) atoms. The maximum Gasteiger partial charge on any atom is 0.323 e. The molecule has 0 radical (unpaired) electrons. The van der Waals surface area contributed by atoms with E-state index < -0.39 is 0 Å². The predicted molar refractivity (Wildman–Crippen MR) is 109 cm³/mol. The van der Waals surface area contributed by atoms with Gasteiger partial charge in [-0.25, -0.2) is 14.2 Å². The second kappa shape index (κ2) is 8.32. The summed E-state index contributed by atoms with van der Waals surface area (Å²) in [7, 11) is 0. The Balaban J connectivity index is 1.85. The lowest BCUT2D eigenvalue weighted by atomic mass is 9.93. The van der Waals surface area contributed by atoms with Crippen LogP contribution in [0.4, 0.5) is 21.0 Å². The molecule has 7 nitrogen and oxygen atoms in total. The van der Waals surface area contributed by atoms with Gasteiger partial charge in [0, 0.05) is 23.7 Å². The van der Waals surface area contributed by atoms with Gasteiger partial charge in [-0.3, -0.25) is 4.90 Å². The highest BCUT2D eigenvalue weighted by atomic mass is 19.1. The zero-order chi connectivity index (χ0) is 20.4. The maximum absolute atomic E-state index is 13.7. The molecule has 0 atom stereocenters. The fourth-order valence-corrected chi connectivity index (χ4v) is 4.22. The number of carbonyl (C=O) groups excluding carboxylic acids is 1. The van der Waals surface area contributed by atoms with Crippen molar-refractivity contribution in [1.29, 1.82) is 0 Å². The smallest absolute Gasteiger partial charge is 0.323 e. The van der Waals surface area contributed by atoms with E-state index in [1.165, 1.54) is 18.6 Å². The number of urea groups is 1. The average Bonchev–Trinajstić information content (AvgIpc) is 2.72. The Labute approximate surface area is 169 Å². The number of amides is 2. The minimum absolute atomic E-state index is 0.0574. The van der Waals surface area contributed by atoms with Gasteiger partial charge in [0.05, 0.1) is 18.8 Å². The molecule has 4 rings (SSSR count). The molecule has 154 valence electrons. The largest absolute Gasteiger partial charge is 0.395 e. The number of halogens is 1. The maximum atomic E-state index is 13.7. The average molecular weight is 399 g/mol. The van der Waals surface area contributed by atoms with Crippen LogP contribution in [0, 0.1) is 12.7 Å². The van der Waals surface area contributed by atoms with Crippen molar-refractivity contribution >= 4 is 17.8 Å². The molecule has 0 spiro atoms. The Hall–Kier alpha value is -2.74. The predicted octanol–water partition coefficient (Wildman–Crippen LogP) is 3.36. The molecule has 0 bridgehead atoms. The van der Waals surface area contributed by atoms with Crippen molar-refractivity contribution in [2.24, 2.45) is 0 Å². The fraction of sp³-hybridized carbons (Fsp3) is 0.476. The number of hydrogen-bond acceptors (Lipinski definition) is 5. The van der Waals surface area contributed by atoms with Crippen LogP contribution in [0.5, 0.6) is 0 Å². The molecule has 2 heterocycles. The first-order valence-electron chi connectivity index (χ1n) is 10.2. The van der Waals surface area contributed by atoms with E-state index in [0.29, 0.717) is 30.5 Å². The van der Waals surface area contributed by atoms with Crippen molar-refractivity contribution in [3.05, 3.63) is 35.1 Å². The molecule has 1 saturated carbocycles. The van der Waals surface area contributed by atoms with Crippen LogP contribution < -0.4 is 15.5 Å². The summed E-state index contributed by atoms with van der Waals surface area (Å²) in [5.74, 6) is 0.659. The number of hydrogen-bond donors (Lipinski definition) is 3. The SMILES string of the molecule is Cc1cc(F)ccc1-c1nc(NCCO)nc2c1CNC(=O)N2C1CCCCC1. The molecule has 2 amide bonds. The van der Waals surface area contributed by atoms with Crippen LogP contribution in [0.3, 0.4) is 0 Å². The quantitative estimate of drug-likeness (QED) is 0.717. The first-order valence-corrected chi connectivity index (χ1v) is 10.2. The molecule has 1 fully saturated rings. The highest BCUT2D eigenvalue weighted by Crippen LogP contribution is 2.37. The summed E-state index contributed by atoms with van der Waals surface area (Å²) in [4.78, 5) is 23.9. The van der Waals surface area contributed by atoms with E-state index in [1.54, 1.807) is 11.0 Å². The standard InChI is InChI=1S/C21H26FN5O2/c1-13-11-14(22)7-8-16(13)18-17-12-24-21(29)27(15-5-3-2-4-6-15)19(17)26-20(25-18)23-9-10-28/h7-8,11,15,28H,2-6,9-10,12H2,1H3,(H,24,29)(H,23,25,26). The van der Waals surface area contributed by atoms with E-state index in [4.69, 9.17) is 0 Å². The van der Waals surface area contributed by atoms with Gasteiger partial charge in [-0.2, -0.15) is 4.98 Å². The minimum atomic E-state index is -0.301. The van der Waals surface area contributed by atoms with Crippen molar-refractivity contribution in [1.82, 2.24) is 15.3 Å². The van der Waals surface area contributed by atoms with E-state index in [9.17, 15) is 14.3 Å². The van der Waals surface area contributed by atoms with Crippen LogP contribution in [0.15, 0.2) is 18.2 Å². The number of aryl methyl sites for hydroxylation is 1. The van der Waals surface area contributed by atoms with Crippen molar-refractivity contribution in [2.75, 3.05) is 23.4 Å². The van der Waals surface area contributed by atoms with Crippen LogP contribution in [0.1, 0.15) is 43.2 Å². The summed E-state index contributed by atoms with van der Waals surface area (Å²) >= 11 is 0. The van der Waals surface area contributed by atoms with Gasteiger partial charge < -0.3 is 15.7 Å². The zero-order valence-electron chi connectivity index (χ0n) is 16.5. The topological polar surface area (TPSA) is 90.4 Å². The van der Waals surface area contributed by atoms with Gasteiger partial charge in [-0.05, 0) is 43.5 Å². The first-order chi connectivity index (χ1) is 14.1. The van der Waals surface area contributed by atoms with Gasteiger partial charge in [-0.1, -0.05) is 19.3 Å². The summed E-state index contributed by atoms with van der Waals surface area (Å²) in [5.41, 5.74) is 3.07. The lowest BCUT2D eigenvalue weighted by molar-refractivity contribution is 0.239.